The Morgan fingerprint density at radius 1 is 0.765 bits per heavy atom. The Labute approximate surface area is 197 Å². The normalized spacial score (nSPS) is 11.2. The highest BCUT2D eigenvalue weighted by Crippen LogP contribution is 2.15. The zero-order chi connectivity index (χ0) is 24.2. The molecule has 0 aliphatic carbocycles. The van der Waals surface area contributed by atoms with E-state index in [1.165, 1.54) is 0 Å². The maximum atomic E-state index is 12.5. The molecule has 0 aliphatic rings. The molecule has 176 valence electrons. The number of carbonyl (C=O) groups excluding carboxylic acids is 2. The van der Waals surface area contributed by atoms with Gasteiger partial charge in [-0.1, -0.05) is 72.8 Å². The van der Waals surface area contributed by atoms with E-state index in [2.05, 4.69) is 10.6 Å². The van der Waals surface area contributed by atoms with Crippen molar-refractivity contribution in [2.24, 2.45) is 0 Å². The van der Waals surface area contributed by atoms with Gasteiger partial charge in [0.15, 0.2) is 0 Å². The van der Waals surface area contributed by atoms with Crippen LogP contribution in [0.3, 0.4) is 0 Å². The minimum atomic E-state index is -1.18. The average Bonchev–Trinajstić information content (AvgIpc) is 2.86. The van der Waals surface area contributed by atoms with Crippen LogP contribution >= 0.6 is 0 Å². The smallest absolute Gasteiger partial charge is 0.408 e. The molecule has 0 saturated carbocycles. The first-order valence-corrected chi connectivity index (χ1v) is 10.7. The first-order valence-electron chi connectivity index (χ1n) is 10.7. The number of ether oxygens (including phenoxy) is 2. The fourth-order valence-electron chi connectivity index (χ4n) is 3.10. The van der Waals surface area contributed by atoms with Crippen LogP contribution in [0.4, 0.5) is 4.79 Å². The highest BCUT2D eigenvalue weighted by Gasteiger charge is 2.22. The molecule has 8 nitrogen and oxygen atoms in total. The summed E-state index contributed by atoms with van der Waals surface area (Å²) < 4.78 is 11.0. The molecular weight excluding hydrogens is 436 g/mol. The molecule has 0 aliphatic heterocycles. The predicted molar refractivity (Wildman–Crippen MR) is 125 cm³/mol. The van der Waals surface area contributed by atoms with Crippen molar-refractivity contribution in [1.29, 1.82) is 0 Å². The molecule has 0 bridgehead atoms. The maximum Gasteiger partial charge on any atom is 0.408 e. The van der Waals surface area contributed by atoms with Gasteiger partial charge in [0, 0.05) is 6.42 Å². The van der Waals surface area contributed by atoms with Gasteiger partial charge >= 0.3 is 12.1 Å². The Balaban J connectivity index is 1.58. The number of aliphatic carboxylic acids is 1. The van der Waals surface area contributed by atoms with Crippen LogP contribution in [0, 0.1) is 0 Å². The van der Waals surface area contributed by atoms with Crippen molar-refractivity contribution >= 4 is 18.0 Å². The molecule has 0 aromatic heterocycles. The predicted octanol–water partition coefficient (Wildman–Crippen LogP) is 3.30. The third-order valence-corrected chi connectivity index (χ3v) is 4.85. The summed E-state index contributed by atoms with van der Waals surface area (Å²) in [5.74, 6) is -1.14. The third kappa shape index (κ3) is 8.31. The number of alkyl carbamates (subject to hydrolysis) is 1. The number of benzene rings is 3. The second-order valence-corrected chi connectivity index (χ2v) is 7.49. The lowest BCUT2D eigenvalue weighted by molar-refractivity contribution is -0.138. The van der Waals surface area contributed by atoms with E-state index in [9.17, 15) is 14.4 Å². The molecule has 0 unspecified atom stereocenters. The van der Waals surface area contributed by atoms with Gasteiger partial charge in [-0.05, 0) is 28.8 Å². The van der Waals surface area contributed by atoms with Gasteiger partial charge < -0.3 is 25.2 Å². The van der Waals surface area contributed by atoms with Crippen molar-refractivity contribution in [1.82, 2.24) is 10.6 Å². The minimum Gasteiger partial charge on any atom is -0.489 e. The van der Waals surface area contributed by atoms with E-state index >= 15 is 0 Å². The largest absolute Gasteiger partial charge is 0.489 e. The van der Waals surface area contributed by atoms with E-state index < -0.39 is 30.6 Å². The molecule has 0 saturated heterocycles. The second kappa shape index (κ2) is 12.6. The van der Waals surface area contributed by atoms with Crippen molar-refractivity contribution in [3.05, 3.63) is 102 Å². The number of rotatable bonds is 11. The quantitative estimate of drug-likeness (QED) is 0.403. The van der Waals surface area contributed by atoms with Gasteiger partial charge in [0.05, 0.1) is 0 Å². The summed E-state index contributed by atoms with van der Waals surface area (Å²) in [7, 11) is 0. The molecular formula is C26H26N2O6. The molecule has 3 N–H and O–H groups in total. The standard InChI is InChI=1S/C26H26N2O6/c29-24(30)16-27-25(31)23(28-26(32)34-18-21-9-5-2-6-10-21)15-19-11-13-22(14-12-19)33-17-20-7-3-1-4-8-20/h1-14,23H,15-18H2,(H,27,31)(H,28,32)(H,29,30)/t23-/m0/s1. The second-order valence-electron chi connectivity index (χ2n) is 7.49. The summed E-state index contributed by atoms with van der Waals surface area (Å²) in [5.41, 5.74) is 2.60. The monoisotopic (exact) mass is 462 g/mol. The van der Waals surface area contributed by atoms with Crippen molar-refractivity contribution in [3.8, 4) is 5.75 Å². The van der Waals surface area contributed by atoms with E-state index in [0.717, 1.165) is 16.7 Å². The zero-order valence-electron chi connectivity index (χ0n) is 18.5. The lowest BCUT2D eigenvalue weighted by atomic mass is 10.1. The highest BCUT2D eigenvalue weighted by atomic mass is 16.5. The number of carboxylic acids is 1. The van der Waals surface area contributed by atoms with Crippen LogP contribution in [0.1, 0.15) is 16.7 Å². The highest BCUT2D eigenvalue weighted by molar-refractivity contribution is 5.88. The fraction of sp³-hybridized carbons (Fsp3) is 0.192. The molecule has 3 aromatic rings. The SMILES string of the molecule is O=C(O)CNC(=O)[C@H](Cc1ccc(OCc2ccccc2)cc1)NC(=O)OCc1ccccc1. The van der Waals surface area contributed by atoms with Crippen molar-refractivity contribution in [2.75, 3.05) is 6.54 Å². The Morgan fingerprint density at radius 2 is 1.35 bits per heavy atom. The lowest BCUT2D eigenvalue weighted by Gasteiger charge is -2.18. The van der Waals surface area contributed by atoms with Crippen LogP contribution in [-0.2, 0) is 34.0 Å². The number of carboxylic acid groups (broad SMARTS) is 1. The van der Waals surface area contributed by atoms with E-state index in [0.29, 0.717) is 12.4 Å². The maximum absolute atomic E-state index is 12.5. The number of carbonyl (C=O) groups is 3. The number of hydrogen-bond acceptors (Lipinski definition) is 5. The van der Waals surface area contributed by atoms with E-state index in [4.69, 9.17) is 14.6 Å². The topological polar surface area (TPSA) is 114 Å². The summed E-state index contributed by atoms with van der Waals surface area (Å²) in [6, 6.07) is 25.0. The van der Waals surface area contributed by atoms with Crippen LogP contribution in [0.5, 0.6) is 5.75 Å². The minimum absolute atomic E-state index is 0.0452. The molecule has 34 heavy (non-hydrogen) atoms. The number of hydrogen-bond donors (Lipinski definition) is 3. The van der Waals surface area contributed by atoms with Gasteiger partial charge in [-0.25, -0.2) is 4.79 Å². The molecule has 8 heteroatoms. The van der Waals surface area contributed by atoms with E-state index in [-0.39, 0.29) is 13.0 Å². The molecule has 0 heterocycles. The molecule has 0 fully saturated rings. The Bertz CT molecular complexity index is 1070. The van der Waals surface area contributed by atoms with Gasteiger partial charge in [-0.2, -0.15) is 0 Å². The molecule has 0 spiro atoms. The summed E-state index contributed by atoms with van der Waals surface area (Å²) in [6.45, 7) is -0.0822. The number of amides is 2. The molecule has 2 amide bonds. The van der Waals surface area contributed by atoms with Crippen LogP contribution in [0.15, 0.2) is 84.9 Å². The van der Waals surface area contributed by atoms with E-state index in [1.807, 2.05) is 60.7 Å². The van der Waals surface area contributed by atoms with Crippen LogP contribution < -0.4 is 15.4 Å². The summed E-state index contributed by atoms with van der Waals surface area (Å²) in [4.78, 5) is 35.6. The average molecular weight is 463 g/mol. The Morgan fingerprint density at radius 3 is 1.94 bits per heavy atom. The molecule has 3 rings (SSSR count). The Hall–Kier alpha value is -4.33. The van der Waals surface area contributed by atoms with Gasteiger partial charge in [-0.15, -0.1) is 0 Å². The first-order chi connectivity index (χ1) is 16.5. The van der Waals surface area contributed by atoms with Gasteiger partial charge in [0.25, 0.3) is 0 Å². The van der Waals surface area contributed by atoms with Gasteiger partial charge in [0.1, 0.15) is 31.5 Å². The van der Waals surface area contributed by atoms with E-state index in [1.54, 1.807) is 24.3 Å². The lowest BCUT2D eigenvalue weighted by Crippen LogP contribution is -2.49. The van der Waals surface area contributed by atoms with Crippen molar-refractivity contribution in [2.45, 2.75) is 25.7 Å². The van der Waals surface area contributed by atoms with Gasteiger partial charge in [0.2, 0.25) is 5.91 Å². The van der Waals surface area contributed by atoms with Crippen LogP contribution in [-0.4, -0.2) is 35.7 Å². The fourth-order valence-corrected chi connectivity index (χ4v) is 3.10. The Kier molecular flexibility index (Phi) is 9.04. The summed E-state index contributed by atoms with van der Waals surface area (Å²) in [5, 5.41) is 13.7. The van der Waals surface area contributed by atoms with Gasteiger partial charge in [-0.3, -0.25) is 9.59 Å². The van der Waals surface area contributed by atoms with Crippen LogP contribution in [0.2, 0.25) is 0 Å². The zero-order valence-corrected chi connectivity index (χ0v) is 18.5. The third-order valence-electron chi connectivity index (χ3n) is 4.85. The molecule has 0 radical (unpaired) electrons. The van der Waals surface area contributed by atoms with Crippen molar-refractivity contribution < 1.29 is 29.0 Å². The first kappa shape index (κ1) is 24.3. The molecule has 1 atom stereocenters. The number of nitrogens with one attached hydrogen (secondary N) is 2. The summed E-state index contributed by atoms with van der Waals surface area (Å²) in [6.07, 6.45) is -0.632. The summed E-state index contributed by atoms with van der Waals surface area (Å²) >= 11 is 0. The van der Waals surface area contributed by atoms with Crippen molar-refractivity contribution in [3.63, 3.8) is 0 Å². The molecule has 3 aromatic carbocycles. The van der Waals surface area contributed by atoms with Crippen LogP contribution in [0.25, 0.3) is 0 Å².